The molecule has 1 rings (SSSR count). The standard InChI is InChI=1S/C10H18N2O2/c1-7-8(2)12(5)10(3,11(7)4)6-9(13)14/h6H2,1-5H3,(H,13,14). The maximum Gasteiger partial charge on any atom is 0.307 e. The molecule has 0 saturated carbocycles. The lowest BCUT2D eigenvalue weighted by Crippen LogP contribution is -2.50. The van der Waals surface area contributed by atoms with Crippen LogP contribution in [-0.2, 0) is 4.79 Å². The number of allylic oxidation sites excluding steroid dienone is 2. The Morgan fingerprint density at radius 3 is 1.93 bits per heavy atom. The van der Waals surface area contributed by atoms with Crippen LogP contribution in [0, 0.1) is 0 Å². The topological polar surface area (TPSA) is 43.8 Å². The molecule has 1 aliphatic rings. The Kier molecular flexibility index (Phi) is 2.48. The highest BCUT2D eigenvalue weighted by Crippen LogP contribution is 2.36. The molecule has 14 heavy (non-hydrogen) atoms. The van der Waals surface area contributed by atoms with Crippen molar-refractivity contribution in [2.24, 2.45) is 0 Å². The lowest BCUT2D eigenvalue weighted by atomic mass is 10.1. The first-order valence-corrected chi connectivity index (χ1v) is 4.67. The Balaban J connectivity index is 2.99. The molecule has 1 heterocycles. The van der Waals surface area contributed by atoms with Gasteiger partial charge in [0.25, 0.3) is 0 Å². The van der Waals surface area contributed by atoms with E-state index >= 15 is 0 Å². The maximum absolute atomic E-state index is 10.8. The first-order valence-electron chi connectivity index (χ1n) is 4.67. The van der Waals surface area contributed by atoms with Crippen LogP contribution < -0.4 is 0 Å². The number of aliphatic carboxylic acids is 1. The number of carboxylic acid groups (broad SMARTS) is 1. The predicted octanol–water partition coefficient (Wildman–Crippen LogP) is 1.31. The second kappa shape index (κ2) is 3.19. The Labute approximate surface area is 84.8 Å². The van der Waals surface area contributed by atoms with E-state index in [0.717, 1.165) is 11.4 Å². The van der Waals surface area contributed by atoms with E-state index in [9.17, 15) is 4.79 Å². The van der Waals surface area contributed by atoms with Crippen molar-refractivity contribution < 1.29 is 9.90 Å². The number of rotatable bonds is 2. The Hall–Kier alpha value is -1.19. The number of carbonyl (C=O) groups is 1. The molecule has 0 aliphatic carbocycles. The van der Waals surface area contributed by atoms with E-state index in [0.29, 0.717) is 0 Å². The summed E-state index contributed by atoms with van der Waals surface area (Å²) in [5.41, 5.74) is 1.84. The molecule has 0 amide bonds. The molecule has 0 unspecified atom stereocenters. The largest absolute Gasteiger partial charge is 0.481 e. The number of nitrogens with zero attached hydrogens (tertiary/aromatic N) is 2. The summed E-state index contributed by atoms with van der Waals surface area (Å²) in [6.45, 7) is 5.97. The van der Waals surface area contributed by atoms with Crippen molar-refractivity contribution in [3.63, 3.8) is 0 Å². The molecule has 0 spiro atoms. The average Bonchev–Trinajstić information content (AvgIpc) is 2.21. The van der Waals surface area contributed by atoms with Crippen molar-refractivity contribution in [3.05, 3.63) is 11.4 Å². The van der Waals surface area contributed by atoms with E-state index in [-0.39, 0.29) is 6.42 Å². The molecule has 4 heteroatoms. The Morgan fingerprint density at radius 1 is 1.29 bits per heavy atom. The van der Waals surface area contributed by atoms with Gasteiger partial charge in [0.15, 0.2) is 0 Å². The van der Waals surface area contributed by atoms with Crippen LogP contribution in [0.5, 0.6) is 0 Å². The quantitative estimate of drug-likeness (QED) is 0.726. The molecule has 0 bridgehead atoms. The molecule has 4 nitrogen and oxygen atoms in total. The van der Waals surface area contributed by atoms with E-state index in [2.05, 4.69) is 0 Å². The molecular weight excluding hydrogens is 180 g/mol. The molecule has 0 aromatic carbocycles. The smallest absolute Gasteiger partial charge is 0.307 e. The first kappa shape index (κ1) is 10.9. The van der Waals surface area contributed by atoms with Gasteiger partial charge in [-0.1, -0.05) is 0 Å². The van der Waals surface area contributed by atoms with Gasteiger partial charge in [0.1, 0.15) is 5.66 Å². The minimum absolute atomic E-state index is 0.120. The fraction of sp³-hybridized carbons (Fsp3) is 0.700. The molecule has 0 aromatic rings. The summed E-state index contributed by atoms with van der Waals surface area (Å²) in [7, 11) is 3.87. The van der Waals surface area contributed by atoms with E-state index < -0.39 is 11.6 Å². The van der Waals surface area contributed by atoms with Crippen LogP contribution in [0.15, 0.2) is 11.4 Å². The van der Waals surface area contributed by atoms with Gasteiger partial charge in [0, 0.05) is 25.5 Å². The van der Waals surface area contributed by atoms with Crippen molar-refractivity contribution >= 4 is 5.97 Å². The van der Waals surface area contributed by atoms with Crippen LogP contribution >= 0.6 is 0 Å². The molecule has 0 radical (unpaired) electrons. The minimum atomic E-state index is -0.770. The van der Waals surface area contributed by atoms with Crippen molar-refractivity contribution in [1.29, 1.82) is 0 Å². The highest BCUT2D eigenvalue weighted by atomic mass is 16.4. The third-order valence-corrected chi connectivity index (χ3v) is 3.46. The number of hydrogen-bond acceptors (Lipinski definition) is 3. The molecule has 0 aromatic heterocycles. The van der Waals surface area contributed by atoms with Gasteiger partial charge in [-0.3, -0.25) is 4.79 Å². The summed E-state index contributed by atoms with van der Waals surface area (Å²) in [4.78, 5) is 14.8. The van der Waals surface area contributed by atoms with Crippen molar-refractivity contribution in [2.75, 3.05) is 14.1 Å². The van der Waals surface area contributed by atoms with Crippen molar-refractivity contribution in [1.82, 2.24) is 9.80 Å². The summed E-state index contributed by atoms with van der Waals surface area (Å²) in [6, 6.07) is 0. The van der Waals surface area contributed by atoms with Gasteiger partial charge in [-0.25, -0.2) is 0 Å². The van der Waals surface area contributed by atoms with E-state index in [1.54, 1.807) is 0 Å². The zero-order chi connectivity index (χ0) is 11.1. The first-order chi connectivity index (χ1) is 6.30. The summed E-state index contributed by atoms with van der Waals surface area (Å²) in [5, 5.41) is 8.88. The van der Waals surface area contributed by atoms with Gasteiger partial charge in [0.05, 0.1) is 6.42 Å². The summed E-state index contributed by atoms with van der Waals surface area (Å²) in [6.07, 6.45) is 0.120. The minimum Gasteiger partial charge on any atom is -0.481 e. The van der Waals surface area contributed by atoms with Crippen LogP contribution in [-0.4, -0.2) is 40.6 Å². The van der Waals surface area contributed by atoms with Crippen LogP contribution in [0.1, 0.15) is 27.2 Å². The second-order valence-corrected chi connectivity index (χ2v) is 4.08. The number of hydrogen-bond donors (Lipinski definition) is 1. The maximum atomic E-state index is 10.8. The molecule has 80 valence electrons. The number of carboxylic acids is 1. The predicted molar refractivity (Wildman–Crippen MR) is 54.6 cm³/mol. The SMILES string of the molecule is CC1=C(C)N(C)C(C)(CC(=O)O)N1C. The normalized spacial score (nSPS) is 20.6. The van der Waals surface area contributed by atoms with Crippen molar-refractivity contribution in [3.8, 4) is 0 Å². The van der Waals surface area contributed by atoms with Crippen LogP contribution in [0.25, 0.3) is 0 Å². The van der Waals surface area contributed by atoms with Gasteiger partial charge < -0.3 is 14.9 Å². The second-order valence-electron chi connectivity index (χ2n) is 4.08. The van der Waals surface area contributed by atoms with Gasteiger partial charge in [0.2, 0.25) is 0 Å². The summed E-state index contributed by atoms with van der Waals surface area (Å²) in [5.74, 6) is -0.770. The average molecular weight is 198 g/mol. The lowest BCUT2D eigenvalue weighted by Gasteiger charge is -2.40. The van der Waals surface area contributed by atoms with Crippen molar-refractivity contribution in [2.45, 2.75) is 32.9 Å². The highest BCUT2D eigenvalue weighted by molar-refractivity contribution is 5.68. The summed E-state index contributed by atoms with van der Waals surface area (Å²) < 4.78 is 0. The van der Waals surface area contributed by atoms with Gasteiger partial charge >= 0.3 is 5.97 Å². The van der Waals surface area contributed by atoms with E-state index in [1.165, 1.54) is 0 Å². The van der Waals surface area contributed by atoms with E-state index in [1.807, 2.05) is 44.7 Å². The lowest BCUT2D eigenvalue weighted by molar-refractivity contribution is -0.141. The van der Waals surface area contributed by atoms with Gasteiger partial charge in [-0.05, 0) is 20.8 Å². The van der Waals surface area contributed by atoms with E-state index in [4.69, 9.17) is 5.11 Å². The van der Waals surface area contributed by atoms with Gasteiger partial charge in [-0.15, -0.1) is 0 Å². The monoisotopic (exact) mass is 198 g/mol. The molecular formula is C10H18N2O2. The molecule has 1 N–H and O–H groups in total. The third kappa shape index (κ3) is 1.35. The fourth-order valence-electron chi connectivity index (χ4n) is 1.96. The highest BCUT2D eigenvalue weighted by Gasteiger charge is 2.42. The Morgan fingerprint density at radius 2 is 1.64 bits per heavy atom. The Bertz CT molecular complexity index is 278. The third-order valence-electron chi connectivity index (χ3n) is 3.46. The van der Waals surface area contributed by atoms with Crippen LogP contribution in [0.3, 0.4) is 0 Å². The fourth-order valence-corrected chi connectivity index (χ4v) is 1.96. The molecule has 1 aliphatic heterocycles. The molecule has 0 saturated heterocycles. The zero-order valence-corrected chi connectivity index (χ0v) is 9.46. The zero-order valence-electron chi connectivity index (χ0n) is 9.46. The molecule has 0 fully saturated rings. The van der Waals surface area contributed by atoms with Crippen LogP contribution in [0.4, 0.5) is 0 Å². The summed E-state index contributed by atoms with van der Waals surface area (Å²) >= 11 is 0. The molecule has 0 atom stereocenters. The van der Waals surface area contributed by atoms with Gasteiger partial charge in [-0.2, -0.15) is 0 Å². The van der Waals surface area contributed by atoms with Crippen LogP contribution in [0.2, 0.25) is 0 Å².